The number of rotatable bonds is 6. The zero-order chi connectivity index (χ0) is 15.1. The van der Waals surface area contributed by atoms with E-state index in [0.717, 1.165) is 23.6 Å². The van der Waals surface area contributed by atoms with Crippen molar-refractivity contribution in [1.82, 2.24) is 10.6 Å². The smallest absolute Gasteiger partial charge is 0.261 e. The number of hydrogen-bond donors (Lipinski definition) is 2. The first-order chi connectivity index (χ1) is 10.1. The summed E-state index contributed by atoms with van der Waals surface area (Å²) >= 11 is 1.43. The maximum atomic E-state index is 11.8. The summed E-state index contributed by atoms with van der Waals surface area (Å²) in [5.41, 5.74) is 0. The van der Waals surface area contributed by atoms with Gasteiger partial charge in [0.25, 0.3) is 5.91 Å². The first-order valence-corrected chi connectivity index (χ1v) is 8.64. The van der Waals surface area contributed by atoms with Crippen LogP contribution in [0.3, 0.4) is 0 Å². The average molecular weight is 308 g/mol. The van der Waals surface area contributed by atoms with E-state index >= 15 is 0 Å². The van der Waals surface area contributed by atoms with Crippen molar-refractivity contribution in [3.8, 4) is 0 Å². The van der Waals surface area contributed by atoms with Gasteiger partial charge >= 0.3 is 0 Å². The van der Waals surface area contributed by atoms with Gasteiger partial charge in [0.05, 0.1) is 4.88 Å². The highest BCUT2D eigenvalue weighted by molar-refractivity contribution is 7.12. The van der Waals surface area contributed by atoms with E-state index in [9.17, 15) is 9.59 Å². The lowest BCUT2D eigenvalue weighted by Crippen LogP contribution is -2.37. The lowest BCUT2D eigenvalue weighted by atomic mass is 9.87. The molecule has 5 heteroatoms. The molecule has 0 spiro atoms. The quantitative estimate of drug-likeness (QED) is 0.794. The van der Waals surface area contributed by atoms with Crippen molar-refractivity contribution >= 4 is 23.2 Å². The van der Waals surface area contributed by atoms with Crippen molar-refractivity contribution in [2.75, 3.05) is 6.54 Å². The summed E-state index contributed by atoms with van der Waals surface area (Å²) in [6, 6.07) is 4.02. The summed E-state index contributed by atoms with van der Waals surface area (Å²) in [5, 5.41) is 7.83. The normalized spacial score (nSPS) is 21.8. The molecule has 0 aromatic carbocycles. The number of nitrogens with one attached hydrogen (secondary N) is 2. The van der Waals surface area contributed by atoms with Crippen LogP contribution in [0, 0.1) is 5.92 Å². The Labute approximate surface area is 130 Å². The predicted molar refractivity (Wildman–Crippen MR) is 85.4 cm³/mol. The highest BCUT2D eigenvalue weighted by atomic mass is 32.1. The maximum Gasteiger partial charge on any atom is 0.261 e. The van der Waals surface area contributed by atoms with Crippen LogP contribution >= 0.6 is 11.3 Å². The Hall–Kier alpha value is -1.36. The van der Waals surface area contributed by atoms with Gasteiger partial charge in [-0.2, -0.15) is 0 Å². The van der Waals surface area contributed by atoms with Gasteiger partial charge in [-0.25, -0.2) is 0 Å². The van der Waals surface area contributed by atoms with Gasteiger partial charge in [-0.3, -0.25) is 9.59 Å². The second-order valence-electron chi connectivity index (χ2n) is 5.86. The Kier molecular flexibility index (Phi) is 6.23. The Bertz CT molecular complexity index is 451. The molecule has 0 atom stereocenters. The molecule has 0 aliphatic heterocycles. The molecule has 4 nitrogen and oxygen atoms in total. The lowest BCUT2D eigenvalue weighted by molar-refractivity contribution is -0.122. The van der Waals surface area contributed by atoms with Crippen LogP contribution in [0.5, 0.6) is 0 Å². The fourth-order valence-corrected chi connectivity index (χ4v) is 3.29. The van der Waals surface area contributed by atoms with Crippen LogP contribution in [0.15, 0.2) is 17.5 Å². The number of hydrogen-bond acceptors (Lipinski definition) is 3. The molecule has 1 aliphatic rings. The SMILES string of the molecule is CC1CCC(NC(=O)CCCNC(=O)c2cccs2)CC1. The molecule has 116 valence electrons. The Morgan fingerprint density at radius 3 is 2.71 bits per heavy atom. The van der Waals surface area contributed by atoms with Crippen LogP contribution in [0.25, 0.3) is 0 Å². The van der Waals surface area contributed by atoms with Gasteiger partial charge in [0.15, 0.2) is 0 Å². The molecule has 1 aromatic heterocycles. The standard InChI is InChI=1S/C16H24N2O2S/c1-12-6-8-13(9-7-12)18-15(19)5-2-10-17-16(20)14-4-3-11-21-14/h3-4,11-13H,2,5-10H2,1H3,(H,17,20)(H,18,19). The largest absolute Gasteiger partial charge is 0.353 e. The molecule has 1 heterocycles. The van der Waals surface area contributed by atoms with Crippen LogP contribution in [0.2, 0.25) is 0 Å². The maximum absolute atomic E-state index is 11.8. The second-order valence-corrected chi connectivity index (χ2v) is 6.81. The number of carbonyl (C=O) groups excluding carboxylic acids is 2. The van der Waals surface area contributed by atoms with Crippen molar-refractivity contribution in [2.45, 2.75) is 51.5 Å². The van der Waals surface area contributed by atoms with E-state index in [1.54, 1.807) is 6.07 Å². The average Bonchev–Trinajstić information content (AvgIpc) is 3.00. The lowest BCUT2D eigenvalue weighted by Gasteiger charge is -2.26. The predicted octanol–water partition coefficient (Wildman–Crippen LogP) is 2.95. The molecule has 1 saturated carbocycles. The van der Waals surface area contributed by atoms with Crippen molar-refractivity contribution in [3.05, 3.63) is 22.4 Å². The highest BCUT2D eigenvalue weighted by Gasteiger charge is 2.19. The molecular formula is C16H24N2O2S. The van der Waals surface area contributed by atoms with Gasteiger partial charge in [0.1, 0.15) is 0 Å². The van der Waals surface area contributed by atoms with Crippen LogP contribution < -0.4 is 10.6 Å². The molecular weight excluding hydrogens is 284 g/mol. The van der Waals surface area contributed by atoms with Gasteiger partial charge in [-0.15, -0.1) is 11.3 Å². The molecule has 0 saturated heterocycles. The number of carbonyl (C=O) groups is 2. The Balaban J connectivity index is 1.56. The zero-order valence-corrected chi connectivity index (χ0v) is 13.4. The topological polar surface area (TPSA) is 58.2 Å². The summed E-state index contributed by atoms with van der Waals surface area (Å²) < 4.78 is 0. The number of amides is 2. The fraction of sp³-hybridized carbons (Fsp3) is 0.625. The number of thiophene rings is 1. The van der Waals surface area contributed by atoms with E-state index in [4.69, 9.17) is 0 Å². The molecule has 1 aromatic rings. The fourth-order valence-electron chi connectivity index (χ4n) is 2.65. The summed E-state index contributed by atoms with van der Waals surface area (Å²) in [4.78, 5) is 24.3. The second kappa shape index (κ2) is 8.17. The third-order valence-electron chi connectivity index (χ3n) is 3.99. The first kappa shape index (κ1) is 16.0. The van der Waals surface area contributed by atoms with E-state index in [-0.39, 0.29) is 11.8 Å². The Morgan fingerprint density at radius 1 is 1.29 bits per heavy atom. The molecule has 2 rings (SSSR count). The van der Waals surface area contributed by atoms with Crippen LogP contribution in [0.1, 0.15) is 55.1 Å². The van der Waals surface area contributed by atoms with Gasteiger partial charge in [0.2, 0.25) is 5.91 Å². The van der Waals surface area contributed by atoms with Crippen molar-refractivity contribution in [2.24, 2.45) is 5.92 Å². The molecule has 0 radical (unpaired) electrons. The van der Waals surface area contributed by atoms with E-state index < -0.39 is 0 Å². The summed E-state index contributed by atoms with van der Waals surface area (Å²) in [7, 11) is 0. The molecule has 1 aliphatic carbocycles. The Morgan fingerprint density at radius 2 is 2.05 bits per heavy atom. The van der Waals surface area contributed by atoms with Gasteiger partial charge in [-0.05, 0) is 49.5 Å². The summed E-state index contributed by atoms with van der Waals surface area (Å²) in [6.45, 7) is 2.82. The summed E-state index contributed by atoms with van der Waals surface area (Å²) in [6.07, 6.45) is 5.79. The minimum atomic E-state index is -0.0494. The van der Waals surface area contributed by atoms with Gasteiger partial charge < -0.3 is 10.6 Å². The minimum Gasteiger partial charge on any atom is -0.353 e. The molecule has 2 amide bonds. The van der Waals surface area contributed by atoms with Crippen molar-refractivity contribution < 1.29 is 9.59 Å². The molecule has 2 N–H and O–H groups in total. The van der Waals surface area contributed by atoms with Crippen LogP contribution in [0.4, 0.5) is 0 Å². The molecule has 1 fully saturated rings. The van der Waals surface area contributed by atoms with Crippen LogP contribution in [-0.4, -0.2) is 24.4 Å². The van der Waals surface area contributed by atoms with Crippen molar-refractivity contribution in [1.29, 1.82) is 0 Å². The highest BCUT2D eigenvalue weighted by Crippen LogP contribution is 2.23. The van der Waals surface area contributed by atoms with E-state index in [1.165, 1.54) is 24.2 Å². The van der Waals surface area contributed by atoms with E-state index in [1.807, 2.05) is 11.4 Å². The van der Waals surface area contributed by atoms with Crippen molar-refractivity contribution in [3.63, 3.8) is 0 Å². The molecule has 0 unspecified atom stereocenters. The minimum absolute atomic E-state index is 0.0494. The monoisotopic (exact) mass is 308 g/mol. The van der Waals surface area contributed by atoms with Gasteiger partial charge in [-0.1, -0.05) is 13.0 Å². The van der Waals surface area contributed by atoms with E-state index in [2.05, 4.69) is 17.6 Å². The zero-order valence-electron chi connectivity index (χ0n) is 12.6. The van der Waals surface area contributed by atoms with Crippen LogP contribution in [-0.2, 0) is 4.79 Å². The van der Waals surface area contributed by atoms with Gasteiger partial charge in [0, 0.05) is 19.0 Å². The van der Waals surface area contributed by atoms with E-state index in [0.29, 0.717) is 25.4 Å². The third kappa shape index (κ3) is 5.50. The molecule has 21 heavy (non-hydrogen) atoms. The first-order valence-electron chi connectivity index (χ1n) is 7.76. The molecule has 0 bridgehead atoms. The third-order valence-corrected chi connectivity index (χ3v) is 4.86. The summed E-state index contributed by atoms with van der Waals surface area (Å²) in [5.74, 6) is 0.859.